The Kier molecular flexibility index (Phi) is 18.6. The molecule has 1 aromatic carbocycles. The van der Waals surface area contributed by atoms with Crippen molar-refractivity contribution in [3.8, 4) is 0 Å². The molecule has 1 atom stereocenters. The minimum absolute atomic E-state index is 0.178. The lowest BCUT2D eigenvalue weighted by Crippen LogP contribution is -2.58. The van der Waals surface area contributed by atoms with Crippen molar-refractivity contribution in [3.63, 3.8) is 0 Å². The Morgan fingerprint density at radius 2 is 1.21 bits per heavy atom. The first-order valence-corrected chi connectivity index (χ1v) is 17.2. The van der Waals surface area contributed by atoms with E-state index in [0.29, 0.717) is 5.91 Å². The Bertz CT molecular complexity index is 873. The number of carbonyl (C=O) groups is 1. The van der Waals surface area contributed by atoms with Crippen LogP contribution in [0.2, 0.25) is 0 Å². The second kappa shape index (κ2) is 20.4. The highest BCUT2D eigenvalue weighted by atomic mass is 32.2. The fourth-order valence-electron chi connectivity index (χ4n) is 5.30. The van der Waals surface area contributed by atoms with Gasteiger partial charge in [0, 0.05) is 6.42 Å². The van der Waals surface area contributed by atoms with Crippen LogP contribution < -0.4 is 0 Å². The summed E-state index contributed by atoms with van der Waals surface area (Å²) in [6, 6.07) is 5.78. The highest BCUT2D eigenvalue weighted by molar-refractivity contribution is 7.85. The van der Waals surface area contributed by atoms with Crippen LogP contribution in [0.3, 0.4) is 0 Å². The average molecular weight is 567 g/mol. The number of unbranched alkanes of at least 4 members (excludes halogenated alkanes) is 15. The van der Waals surface area contributed by atoms with Crippen LogP contribution in [-0.4, -0.2) is 55.2 Å². The number of rotatable bonds is 20. The molecule has 1 aliphatic heterocycles. The molecule has 6 nitrogen and oxygen atoms in total. The van der Waals surface area contributed by atoms with Gasteiger partial charge in [0.1, 0.15) is 16.7 Å². The fourth-order valence-corrected chi connectivity index (χ4v) is 5.77. The highest BCUT2D eigenvalue weighted by Crippen LogP contribution is 2.21. The van der Waals surface area contributed by atoms with Crippen molar-refractivity contribution in [1.29, 1.82) is 0 Å². The summed E-state index contributed by atoms with van der Waals surface area (Å²) in [5.74, 6) is 0.362. The molecule has 1 aliphatic rings. The smallest absolute Gasteiger partial charge is 0.267 e. The fraction of sp³-hybridized carbons (Fsp3) is 0.781. The molecule has 1 amide bonds. The van der Waals surface area contributed by atoms with Crippen LogP contribution in [0.5, 0.6) is 0 Å². The van der Waals surface area contributed by atoms with E-state index >= 15 is 0 Å². The van der Waals surface area contributed by atoms with Crippen molar-refractivity contribution in [2.75, 3.05) is 26.7 Å². The van der Waals surface area contributed by atoms with Crippen molar-refractivity contribution in [3.05, 3.63) is 29.8 Å². The molecule has 0 spiro atoms. The molecule has 0 aliphatic carbocycles. The lowest BCUT2D eigenvalue weighted by atomic mass is 10.0. The molecule has 0 bridgehead atoms. The van der Waals surface area contributed by atoms with E-state index in [2.05, 4.69) is 25.9 Å². The maximum absolute atomic E-state index is 12.1. The van der Waals surface area contributed by atoms with E-state index in [9.17, 15) is 17.8 Å². The van der Waals surface area contributed by atoms with Crippen LogP contribution in [0, 0.1) is 6.92 Å². The van der Waals surface area contributed by atoms with Gasteiger partial charge >= 0.3 is 0 Å². The van der Waals surface area contributed by atoms with Gasteiger partial charge < -0.3 is 4.55 Å². The summed E-state index contributed by atoms with van der Waals surface area (Å²) < 4.78 is 32.0. The van der Waals surface area contributed by atoms with E-state index in [0.717, 1.165) is 42.6 Å². The van der Waals surface area contributed by atoms with E-state index in [1.54, 1.807) is 12.1 Å². The Hall–Kier alpha value is -1.44. The number of nitrogens with zero attached hydrogens (tertiary/aromatic N) is 2. The lowest BCUT2D eigenvalue weighted by Gasteiger charge is -2.40. The minimum Gasteiger partial charge on any atom is -0.744 e. The number of aryl methyl sites for hydroxylation is 1. The van der Waals surface area contributed by atoms with E-state index in [1.807, 2.05) is 6.92 Å². The summed E-state index contributed by atoms with van der Waals surface area (Å²) in [5.41, 5.74) is 0.928. The Morgan fingerprint density at radius 3 is 1.56 bits per heavy atom. The zero-order chi connectivity index (χ0) is 29.0. The summed E-state index contributed by atoms with van der Waals surface area (Å²) in [6.07, 6.45) is 24.4. The molecule has 0 radical (unpaired) electrons. The van der Waals surface area contributed by atoms with Crippen molar-refractivity contribution in [1.82, 2.24) is 5.01 Å². The number of quaternary nitrogens is 1. The van der Waals surface area contributed by atoms with Gasteiger partial charge in [-0.05, 0) is 45.2 Å². The van der Waals surface area contributed by atoms with Crippen molar-refractivity contribution in [2.45, 2.75) is 141 Å². The molecule has 1 aromatic rings. The topological polar surface area (TPSA) is 77.5 Å². The molecular weight excluding hydrogens is 508 g/mol. The second-order valence-corrected chi connectivity index (χ2v) is 12.9. The van der Waals surface area contributed by atoms with E-state index in [1.165, 1.54) is 115 Å². The standard InChI is InChI=1S/C25H51N2O.C7H8O3S/c1-4-6-7-8-9-10-11-12-13-14-15-16-17-18-19-20-24-27(3,5-2)26-23-21-22-25(26)28;1-6-2-4-7(5-3-6)11(8,9)10/h4-24H2,1-3H3;2-5H,1H3,(H,8,9,10)/q+1;/p-1. The maximum atomic E-state index is 12.1. The molecule has 1 unspecified atom stereocenters. The predicted molar refractivity (Wildman–Crippen MR) is 161 cm³/mol. The van der Waals surface area contributed by atoms with Gasteiger partial charge in [-0.3, -0.25) is 4.79 Å². The third kappa shape index (κ3) is 15.8. The molecule has 1 fully saturated rings. The second-order valence-electron chi connectivity index (χ2n) is 11.6. The summed E-state index contributed by atoms with van der Waals surface area (Å²) in [7, 11) is -2.03. The monoisotopic (exact) mass is 566 g/mol. The molecule has 0 saturated carbocycles. The number of hydrogen-bond donors (Lipinski definition) is 0. The average Bonchev–Trinajstić information content (AvgIpc) is 3.35. The van der Waals surface area contributed by atoms with Gasteiger partial charge in [-0.25, -0.2) is 13.0 Å². The van der Waals surface area contributed by atoms with Crippen LogP contribution in [0.1, 0.15) is 135 Å². The molecule has 2 rings (SSSR count). The zero-order valence-electron chi connectivity index (χ0n) is 25.6. The highest BCUT2D eigenvalue weighted by Gasteiger charge is 2.36. The number of hydrogen-bond acceptors (Lipinski definition) is 4. The molecule has 226 valence electrons. The van der Waals surface area contributed by atoms with Crippen LogP contribution in [0.4, 0.5) is 0 Å². The summed E-state index contributed by atoms with van der Waals surface area (Å²) >= 11 is 0. The number of carbonyl (C=O) groups excluding carboxylic acids is 1. The van der Waals surface area contributed by atoms with Crippen molar-refractivity contribution < 1.29 is 22.4 Å². The number of amides is 1. The number of benzene rings is 1. The van der Waals surface area contributed by atoms with Gasteiger partial charge in [0.25, 0.3) is 5.91 Å². The van der Waals surface area contributed by atoms with E-state index < -0.39 is 10.1 Å². The van der Waals surface area contributed by atoms with Crippen molar-refractivity contribution >= 4 is 16.0 Å². The predicted octanol–water partition coefficient (Wildman–Crippen LogP) is 8.15. The third-order valence-electron chi connectivity index (χ3n) is 8.12. The molecule has 1 heterocycles. The Balaban J connectivity index is 0.000000573. The maximum Gasteiger partial charge on any atom is 0.267 e. The molecule has 7 heteroatoms. The summed E-state index contributed by atoms with van der Waals surface area (Å²) in [5, 5.41) is 2.12. The molecule has 0 aromatic heterocycles. The first-order chi connectivity index (χ1) is 18.6. The quantitative estimate of drug-likeness (QED) is 0.0906. The van der Waals surface area contributed by atoms with E-state index in [4.69, 9.17) is 0 Å². The minimum atomic E-state index is -4.27. The first kappa shape index (κ1) is 35.6. The third-order valence-corrected chi connectivity index (χ3v) is 8.97. The molecule has 1 saturated heterocycles. The summed E-state index contributed by atoms with van der Waals surface area (Å²) in [4.78, 5) is 11.9. The molecular formula is C32H58N2O4S. The lowest BCUT2D eigenvalue weighted by molar-refractivity contribution is -1.00. The van der Waals surface area contributed by atoms with Gasteiger partial charge in [-0.1, -0.05) is 115 Å². The van der Waals surface area contributed by atoms with Gasteiger partial charge in [-0.15, -0.1) is 0 Å². The van der Waals surface area contributed by atoms with E-state index in [-0.39, 0.29) is 4.90 Å². The van der Waals surface area contributed by atoms with Crippen LogP contribution in [0.15, 0.2) is 29.2 Å². The first-order valence-electron chi connectivity index (χ1n) is 15.8. The Morgan fingerprint density at radius 1 is 0.769 bits per heavy atom. The molecule has 39 heavy (non-hydrogen) atoms. The Labute approximate surface area is 240 Å². The van der Waals surface area contributed by atoms with Gasteiger partial charge in [-0.2, -0.15) is 5.01 Å². The van der Waals surface area contributed by atoms with Gasteiger partial charge in [0.15, 0.2) is 0 Å². The van der Waals surface area contributed by atoms with Gasteiger partial charge in [0.2, 0.25) is 0 Å². The SMILES string of the molecule is CCCCCCCCCCCCCCCCCC[N+](C)(CC)N1CCCC1=O.Cc1ccc(S(=O)(=O)[O-])cc1. The van der Waals surface area contributed by atoms with Crippen molar-refractivity contribution in [2.24, 2.45) is 0 Å². The van der Waals surface area contributed by atoms with Crippen LogP contribution in [0.25, 0.3) is 0 Å². The van der Waals surface area contributed by atoms with Gasteiger partial charge in [0.05, 0.1) is 25.0 Å². The normalized spacial score (nSPS) is 15.2. The largest absolute Gasteiger partial charge is 0.744 e. The zero-order valence-corrected chi connectivity index (χ0v) is 26.4. The van der Waals surface area contributed by atoms with Crippen LogP contribution >= 0.6 is 0 Å². The molecule has 0 N–H and O–H groups in total. The summed E-state index contributed by atoms with van der Waals surface area (Å²) in [6.45, 7) is 9.45. The van der Waals surface area contributed by atoms with Crippen LogP contribution in [-0.2, 0) is 14.9 Å².